The third-order valence-corrected chi connectivity index (χ3v) is 3.26. The first kappa shape index (κ1) is 15.2. The smallest absolute Gasteiger partial charge is 0.0234 e. The zero-order valence-electron chi connectivity index (χ0n) is 12.7. The Bertz CT molecular complexity index is 389. The van der Waals surface area contributed by atoms with Crippen LogP contribution in [0.1, 0.15) is 44.4 Å². The SMILES string of the molecule is Cc1ccc(C(C)(C)C)cc1CN(C)CC(C)N. The van der Waals surface area contributed by atoms with E-state index in [1.54, 1.807) is 0 Å². The molecule has 2 nitrogen and oxygen atoms in total. The molecule has 0 amide bonds. The van der Waals surface area contributed by atoms with E-state index in [2.05, 4.69) is 64.8 Å². The first-order valence-corrected chi connectivity index (χ1v) is 6.74. The maximum Gasteiger partial charge on any atom is 0.0234 e. The molecule has 1 aromatic carbocycles. The summed E-state index contributed by atoms with van der Waals surface area (Å²) in [6.07, 6.45) is 0. The van der Waals surface area contributed by atoms with Crippen LogP contribution in [-0.2, 0) is 12.0 Å². The summed E-state index contributed by atoms with van der Waals surface area (Å²) in [6, 6.07) is 7.04. The molecule has 102 valence electrons. The highest BCUT2D eigenvalue weighted by Crippen LogP contribution is 2.25. The Morgan fingerprint density at radius 1 is 1.28 bits per heavy atom. The zero-order valence-corrected chi connectivity index (χ0v) is 12.7. The van der Waals surface area contributed by atoms with Crippen LogP contribution in [0.25, 0.3) is 0 Å². The lowest BCUT2D eigenvalue weighted by Crippen LogP contribution is -2.32. The van der Waals surface area contributed by atoms with Crippen molar-refractivity contribution >= 4 is 0 Å². The summed E-state index contributed by atoms with van der Waals surface area (Å²) in [6.45, 7) is 12.9. The van der Waals surface area contributed by atoms with Crippen molar-refractivity contribution in [3.8, 4) is 0 Å². The molecule has 0 fully saturated rings. The Labute approximate surface area is 112 Å². The van der Waals surface area contributed by atoms with Gasteiger partial charge in [0.25, 0.3) is 0 Å². The van der Waals surface area contributed by atoms with Gasteiger partial charge in [0, 0.05) is 19.1 Å². The van der Waals surface area contributed by atoms with Gasteiger partial charge in [-0.2, -0.15) is 0 Å². The number of nitrogens with two attached hydrogens (primary N) is 1. The van der Waals surface area contributed by atoms with E-state index in [1.165, 1.54) is 16.7 Å². The van der Waals surface area contributed by atoms with Crippen molar-refractivity contribution in [2.45, 2.75) is 52.6 Å². The van der Waals surface area contributed by atoms with Crippen LogP contribution in [0.5, 0.6) is 0 Å². The van der Waals surface area contributed by atoms with Crippen molar-refractivity contribution in [2.75, 3.05) is 13.6 Å². The van der Waals surface area contributed by atoms with Gasteiger partial charge in [-0.25, -0.2) is 0 Å². The Hall–Kier alpha value is -0.860. The third kappa shape index (κ3) is 4.43. The molecule has 0 saturated carbocycles. The number of rotatable bonds is 4. The van der Waals surface area contributed by atoms with E-state index in [-0.39, 0.29) is 11.5 Å². The summed E-state index contributed by atoms with van der Waals surface area (Å²) in [5, 5.41) is 0. The van der Waals surface area contributed by atoms with E-state index in [0.29, 0.717) is 0 Å². The molecule has 0 heterocycles. The Kier molecular flexibility index (Phi) is 4.94. The highest BCUT2D eigenvalue weighted by atomic mass is 15.1. The van der Waals surface area contributed by atoms with Gasteiger partial charge in [0.2, 0.25) is 0 Å². The molecular formula is C16H28N2. The van der Waals surface area contributed by atoms with Gasteiger partial charge in [-0.05, 0) is 43.0 Å². The van der Waals surface area contributed by atoms with E-state index >= 15 is 0 Å². The number of hydrogen-bond acceptors (Lipinski definition) is 2. The van der Waals surface area contributed by atoms with Crippen molar-refractivity contribution in [1.29, 1.82) is 0 Å². The summed E-state index contributed by atoms with van der Waals surface area (Å²) in [5.74, 6) is 0. The molecule has 0 aromatic heterocycles. The van der Waals surface area contributed by atoms with Gasteiger partial charge in [0.15, 0.2) is 0 Å². The normalized spacial score (nSPS) is 14.0. The fourth-order valence-electron chi connectivity index (χ4n) is 2.16. The minimum Gasteiger partial charge on any atom is -0.327 e. The molecule has 0 aliphatic heterocycles. The molecule has 2 heteroatoms. The van der Waals surface area contributed by atoms with Gasteiger partial charge in [-0.15, -0.1) is 0 Å². The number of hydrogen-bond donors (Lipinski definition) is 1. The zero-order chi connectivity index (χ0) is 13.9. The molecule has 18 heavy (non-hydrogen) atoms. The summed E-state index contributed by atoms with van der Waals surface area (Å²) in [7, 11) is 2.13. The fourth-order valence-corrected chi connectivity index (χ4v) is 2.16. The highest BCUT2D eigenvalue weighted by molar-refractivity contribution is 5.34. The first-order chi connectivity index (χ1) is 8.20. The predicted octanol–water partition coefficient (Wildman–Crippen LogP) is 3.07. The van der Waals surface area contributed by atoms with E-state index in [1.807, 2.05) is 0 Å². The minimum atomic E-state index is 0.210. The second kappa shape index (κ2) is 5.85. The third-order valence-electron chi connectivity index (χ3n) is 3.26. The monoisotopic (exact) mass is 248 g/mol. The van der Waals surface area contributed by atoms with E-state index in [0.717, 1.165) is 13.1 Å². The summed E-state index contributed by atoms with van der Waals surface area (Å²) < 4.78 is 0. The van der Waals surface area contributed by atoms with E-state index in [4.69, 9.17) is 5.73 Å². The van der Waals surface area contributed by atoms with Crippen LogP contribution in [-0.4, -0.2) is 24.5 Å². The molecule has 0 bridgehead atoms. The van der Waals surface area contributed by atoms with Crippen molar-refractivity contribution in [3.05, 3.63) is 34.9 Å². The largest absolute Gasteiger partial charge is 0.327 e. The fraction of sp³-hybridized carbons (Fsp3) is 0.625. The molecule has 0 spiro atoms. The van der Waals surface area contributed by atoms with Crippen LogP contribution in [0.3, 0.4) is 0 Å². The second-order valence-electron chi connectivity index (χ2n) is 6.57. The molecule has 0 radical (unpaired) electrons. The van der Waals surface area contributed by atoms with Crippen LogP contribution in [0.15, 0.2) is 18.2 Å². The Morgan fingerprint density at radius 2 is 1.89 bits per heavy atom. The first-order valence-electron chi connectivity index (χ1n) is 6.74. The Balaban J connectivity index is 2.88. The van der Waals surface area contributed by atoms with Crippen LogP contribution in [0, 0.1) is 6.92 Å². The average Bonchev–Trinajstić information content (AvgIpc) is 2.18. The van der Waals surface area contributed by atoms with Gasteiger partial charge in [-0.1, -0.05) is 39.0 Å². The van der Waals surface area contributed by atoms with Gasteiger partial charge in [-0.3, -0.25) is 0 Å². The van der Waals surface area contributed by atoms with E-state index in [9.17, 15) is 0 Å². The number of nitrogens with zero attached hydrogens (tertiary/aromatic N) is 1. The summed E-state index contributed by atoms with van der Waals surface area (Å²) in [5.41, 5.74) is 10.2. The molecule has 1 rings (SSSR count). The van der Waals surface area contributed by atoms with Gasteiger partial charge in [0.05, 0.1) is 0 Å². The molecule has 1 aromatic rings. The van der Waals surface area contributed by atoms with Crippen molar-refractivity contribution in [3.63, 3.8) is 0 Å². The van der Waals surface area contributed by atoms with Gasteiger partial charge < -0.3 is 10.6 Å². The lowest BCUT2D eigenvalue weighted by molar-refractivity contribution is 0.309. The quantitative estimate of drug-likeness (QED) is 0.887. The average molecular weight is 248 g/mol. The van der Waals surface area contributed by atoms with Gasteiger partial charge >= 0.3 is 0 Å². The number of aryl methyl sites for hydroxylation is 1. The summed E-state index contributed by atoms with van der Waals surface area (Å²) in [4.78, 5) is 2.29. The topological polar surface area (TPSA) is 29.3 Å². The van der Waals surface area contributed by atoms with Crippen LogP contribution in [0.2, 0.25) is 0 Å². The molecule has 0 saturated heterocycles. The molecule has 1 atom stereocenters. The van der Waals surface area contributed by atoms with Gasteiger partial charge in [0.1, 0.15) is 0 Å². The van der Waals surface area contributed by atoms with Crippen LogP contribution in [0.4, 0.5) is 0 Å². The lowest BCUT2D eigenvalue weighted by atomic mass is 9.85. The second-order valence-corrected chi connectivity index (χ2v) is 6.57. The van der Waals surface area contributed by atoms with Crippen molar-refractivity contribution < 1.29 is 0 Å². The molecule has 0 aliphatic carbocycles. The molecule has 1 unspecified atom stereocenters. The lowest BCUT2D eigenvalue weighted by Gasteiger charge is -2.24. The molecule has 2 N–H and O–H groups in total. The maximum absolute atomic E-state index is 5.84. The van der Waals surface area contributed by atoms with Crippen LogP contribution >= 0.6 is 0 Å². The highest BCUT2D eigenvalue weighted by Gasteiger charge is 2.15. The van der Waals surface area contributed by atoms with Crippen molar-refractivity contribution in [2.24, 2.45) is 5.73 Å². The number of benzene rings is 1. The minimum absolute atomic E-state index is 0.210. The van der Waals surface area contributed by atoms with Crippen molar-refractivity contribution in [1.82, 2.24) is 4.90 Å². The molecular weight excluding hydrogens is 220 g/mol. The maximum atomic E-state index is 5.84. The van der Waals surface area contributed by atoms with E-state index < -0.39 is 0 Å². The summed E-state index contributed by atoms with van der Waals surface area (Å²) >= 11 is 0. The van der Waals surface area contributed by atoms with Crippen LogP contribution < -0.4 is 5.73 Å². The molecule has 0 aliphatic rings. The Morgan fingerprint density at radius 3 is 2.39 bits per heavy atom. The number of likely N-dealkylation sites (N-methyl/N-ethyl adjacent to an activating group) is 1. The predicted molar refractivity (Wildman–Crippen MR) is 79.9 cm³/mol. The standard InChI is InChI=1S/C16H28N2/c1-12-7-8-15(16(3,4)5)9-14(12)11-18(6)10-13(2)17/h7-9,13H,10-11,17H2,1-6H3.